The van der Waals surface area contributed by atoms with Gasteiger partial charge < -0.3 is 14.4 Å². The van der Waals surface area contributed by atoms with E-state index in [1.807, 2.05) is 0 Å². The summed E-state index contributed by atoms with van der Waals surface area (Å²) in [6.45, 7) is 2.53. The standard InChI is InChI=1S/C11H13NO4/c1-11(15)4-5-12(7-11)10(14)8-2-3-9(13)16-6-8/h2-3,6,15H,4-5,7H2,1H3. The maximum Gasteiger partial charge on any atom is 0.335 e. The third kappa shape index (κ3) is 2.14. The minimum atomic E-state index is -0.814. The van der Waals surface area contributed by atoms with E-state index in [1.54, 1.807) is 11.8 Å². The normalized spacial score (nSPS) is 24.8. The van der Waals surface area contributed by atoms with Gasteiger partial charge in [-0.15, -0.1) is 0 Å². The van der Waals surface area contributed by atoms with Crippen molar-refractivity contribution in [3.05, 3.63) is 34.4 Å². The average Bonchev–Trinajstić information content (AvgIpc) is 2.59. The first-order chi connectivity index (χ1) is 7.48. The first-order valence-electron chi connectivity index (χ1n) is 5.08. The van der Waals surface area contributed by atoms with Gasteiger partial charge in [0, 0.05) is 19.2 Å². The second-order valence-electron chi connectivity index (χ2n) is 4.32. The van der Waals surface area contributed by atoms with Crippen LogP contribution in [0.4, 0.5) is 0 Å². The molecule has 0 aromatic carbocycles. The maximum absolute atomic E-state index is 11.9. The molecule has 0 spiro atoms. The number of carbonyl (C=O) groups is 1. The second kappa shape index (κ2) is 3.75. The molecule has 5 heteroatoms. The highest BCUT2D eigenvalue weighted by Crippen LogP contribution is 2.21. The highest BCUT2D eigenvalue weighted by molar-refractivity contribution is 5.93. The summed E-state index contributed by atoms with van der Waals surface area (Å²) in [6.07, 6.45) is 1.72. The summed E-state index contributed by atoms with van der Waals surface area (Å²) >= 11 is 0. The van der Waals surface area contributed by atoms with E-state index in [-0.39, 0.29) is 5.91 Å². The Labute approximate surface area is 92.3 Å². The number of aliphatic hydroxyl groups is 1. The second-order valence-corrected chi connectivity index (χ2v) is 4.32. The molecule has 0 aliphatic carbocycles. The van der Waals surface area contributed by atoms with Gasteiger partial charge >= 0.3 is 5.63 Å². The zero-order valence-corrected chi connectivity index (χ0v) is 8.97. The largest absolute Gasteiger partial charge is 0.430 e. The van der Waals surface area contributed by atoms with Gasteiger partial charge in [-0.25, -0.2) is 4.79 Å². The third-order valence-electron chi connectivity index (χ3n) is 2.69. The summed E-state index contributed by atoms with van der Waals surface area (Å²) < 4.78 is 4.63. The topological polar surface area (TPSA) is 70.8 Å². The Morgan fingerprint density at radius 1 is 1.56 bits per heavy atom. The van der Waals surface area contributed by atoms with Crippen LogP contribution < -0.4 is 5.63 Å². The van der Waals surface area contributed by atoms with Crippen LogP contribution in [0.25, 0.3) is 0 Å². The minimum absolute atomic E-state index is 0.221. The summed E-state index contributed by atoms with van der Waals surface area (Å²) in [7, 11) is 0. The fourth-order valence-corrected chi connectivity index (χ4v) is 1.78. The Balaban J connectivity index is 2.15. The fourth-order valence-electron chi connectivity index (χ4n) is 1.78. The van der Waals surface area contributed by atoms with Crippen LogP contribution in [-0.2, 0) is 0 Å². The molecular formula is C11H13NO4. The molecule has 1 aliphatic rings. The highest BCUT2D eigenvalue weighted by Gasteiger charge is 2.34. The van der Waals surface area contributed by atoms with Gasteiger partial charge in [-0.2, -0.15) is 0 Å². The number of nitrogens with zero attached hydrogens (tertiary/aromatic N) is 1. The molecule has 1 aromatic rings. The monoisotopic (exact) mass is 223 g/mol. The first kappa shape index (κ1) is 10.9. The van der Waals surface area contributed by atoms with E-state index in [0.29, 0.717) is 25.1 Å². The van der Waals surface area contributed by atoms with Gasteiger partial charge in [0.25, 0.3) is 5.91 Å². The molecule has 86 valence electrons. The molecule has 1 aliphatic heterocycles. The van der Waals surface area contributed by atoms with Crippen LogP contribution >= 0.6 is 0 Å². The molecule has 5 nitrogen and oxygen atoms in total. The van der Waals surface area contributed by atoms with Crippen LogP contribution in [0.15, 0.2) is 27.6 Å². The van der Waals surface area contributed by atoms with Crippen LogP contribution in [0, 0.1) is 0 Å². The smallest absolute Gasteiger partial charge is 0.335 e. The molecule has 1 unspecified atom stereocenters. The van der Waals surface area contributed by atoms with Crippen molar-refractivity contribution in [2.45, 2.75) is 18.9 Å². The number of rotatable bonds is 1. The average molecular weight is 223 g/mol. The van der Waals surface area contributed by atoms with E-state index < -0.39 is 11.2 Å². The van der Waals surface area contributed by atoms with Crippen molar-refractivity contribution in [3.63, 3.8) is 0 Å². The maximum atomic E-state index is 11.9. The summed E-state index contributed by atoms with van der Waals surface area (Å²) in [5.41, 5.74) is -0.965. The summed E-state index contributed by atoms with van der Waals surface area (Å²) in [4.78, 5) is 24.2. The molecule has 0 radical (unpaired) electrons. The lowest BCUT2D eigenvalue weighted by atomic mass is 10.1. The van der Waals surface area contributed by atoms with Crippen molar-refractivity contribution in [3.8, 4) is 0 Å². The van der Waals surface area contributed by atoms with E-state index in [0.717, 1.165) is 6.26 Å². The van der Waals surface area contributed by atoms with Crippen molar-refractivity contribution in [2.24, 2.45) is 0 Å². The van der Waals surface area contributed by atoms with Crippen LogP contribution in [0.1, 0.15) is 23.7 Å². The van der Waals surface area contributed by atoms with E-state index in [4.69, 9.17) is 0 Å². The van der Waals surface area contributed by atoms with Crippen molar-refractivity contribution in [2.75, 3.05) is 13.1 Å². The van der Waals surface area contributed by atoms with E-state index >= 15 is 0 Å². The number of likely N-dealkylation sites (tertiary alicyclic amines) is 1. The summed E-state index contributed by atoms with van der Waals surface area (Å²) in [5.74, 6) is -0.221. The molecule has 1 N–H and O–H groups in total. The van der Waals surface area contributed by atoms with Crippen LogP contribution in [0.5, 0.6) is 0 Å². The van der Waals surface area contributed by atoms with E-state index in [1.165, 1.54) is 12.1 Å². The fraction of sp³-hybridized carbons (Fsp3) is 0.455. The van der Waals surface area contributed by atoms with Gasteiger partial charge in [0.15, 0.2) is 0 Å². The molecule has 2 rings (SSSR count). The predicted molar refractivity (Wildman–Crippen MR) is 56.1 cm³/mol. The van der Waals surface area contributed by atoms with Crippen molar-refractivity contribution < 1.29 is 14.3 Å². The lowest BCUT2D eigenvalue weighted by molar-refractivity contribution is 0.0570. The molecule has 0 bridgehead atoms. The van der Waals surface area contributed by atoms with Crippen LogP contribution in [-0.4, -0.2) is 34.6 Å². The molecule has 1 saturated heterocycles. The number of hydrogen-bond acceptors (Lipinski definition) is 4. The Bertz CT molecular complexity index is 443. The van der Waals surface area contributed by atoms with Gasteiger partial charge in [-0.3, -0.25) is 4.79 Å². The predicted octanol–water partition coefficient (Wildman–Crippen LogP) is 0.237. The van der Waals surface area contributed by atoms with Crippen molar-refractivity contribution in [1.29, 1.82) is 0 Å². The molecule has 16 heavy (non-hydrogen) atoms. The molecular weight excluding hydrogens is 210 g/mol. The SMILES string of the molecule is CC1(O)CCN(C(=O)c2ccc(=O)oc2)C1. The minimum Gasteiger partial charge on any atom is -0.430 e. The number of β-amino-alcohol motifs (C(OH)–C–C–N with tert-alkyl or cyclic N) is 1. The molecule has 2 heterocycles. The highest BCUT2D eigenvalue weighted by atomic mass is 16.4. The van der Waals surface area contributed by atoms with Gasteiger partial charge in [-0.05, 0) is 19.4 Å². The Kier molecular flexibility index (Phi) is 2.55. The lowest BCUT2D eigenvalue weighted by Crippen LogP contribution is -2.33. The van der Waals surface area contributed by atoms with Gasteiger partial charge in [0.1, 0.15) is 6.26 Å². The Hall–Kier alpha value is -1.62. The quantitative estimate of drug-likeness (QED) is 0.740. The van der Waals surface area contributed by atoms with Gasteiger partial charge in [-0.1, -0.05) is 0 Å². The van der Waals surface area contributed by atoms with E-state index in [2.05, 4.69) is 4.42 Å². The molecule has 1 atom stereocenters. The molecule has 1 amide bonds. The Morgan fingerprint density at radius 3 is 2.81 bits per heavy atom. The summed E-state index contributed by atoms with van der Waals surface area (Å²) in [5, 5.41) is 9.74. The van der Waals surface area contributed by atoms with Gasteiger partial charge in [0.2, 0.25) is 0 Å². The number of hydrogen-bond donors (Lipinski definition) is 1. The molecule has 0 saturated carbocycles. The first-order valence-corrected chi connectivity index (χ1v) is 5.08. The van der Waals surface area contributed by atoms with Crippen molar-refractivity contribution in [1.82, 2.24) is 4.90 Å². The zero-order chi connectivity index (χ0) is 11.8. The molecule has 1 aromatic heterocycles. The Morgan fingerprint density at radius 2 is 2.31 bits per heavy atom. The molecule has 1 fully saturated rings. The third-order valence-corrected chi connectivity index (χ3v) is 2.69. The van der Waals surface area contributed by atoms with Crippen LogP contribution in [0.2, 0.25) is 0 Å². The van der Waals surface area contributed by atoms with Gasteiger partial charge in [0.05, 0.1) is 11.2 Å². The number of carbonyl (C=O) groups excluding carboxylic acids is 1. The van der Waals surface area contributed by atoms with Crippen LogP contribution in [0.3, 0.4) is 0 Å². The summed E-state index contributed by atoms with van der Waals surface area (Å²) in [6, 6.07) is 2.64. The van der Waals surface area contributed by atoms with Crippen molar-refractivity contribution >= 4 is 5.91 Å². The lowest BCUT2D eigenvalue weighted by Gasteiger charge is -2.18. The zero-order valence-electron chi connectivity index (χ0n) is 8.97. The number of amides is 1. The van der Waals surface area contributed by atoms with E-state index in [9.17, 15) is 14.7 Å².